The maximum Gasteiger partial charge on any atom is 0.210 e. The van der Waals surface area contributed by atoms with Crippen LogP contribution in [0.25, 0.3) is 0 Å². The zero-order valence-corrected chi connectivity index (χ0v) is 14.7. The van der Waals surface area contributed by atoms with E-state index in [9.17, 15) is 0 Å². The van der Waals surface area contributed by atoms with Crippen molar-refractivity contribution in [1.82, 2.24) is 0 Å². The summed E-state index contributed by atoms with van der Waals surface area (Å²) >= 11 is 0. The van der Waals surface area contributed by atoms with Crippen molar-refractivity contribution in [2.24, 2.45) is 0 Å². The molecule has 0 aliphatic rings. The summed E-state index contributed by atoms with van der Waals surface area (Å²) in [5.41, 5.74) is 0. The van der Waals surface area contributed by atoms with Crippen LogP contribution in [0.5, 0.6) is 0 Å². The molecule has 0 aromatic rings. The zero-order valence-electron chi connectivity index (χ0n) is 14.6. The minimum atomic E-state index is -0.212. The molecule has 0 aliphatic heterocycles. The number of hydrogen-bond acceptors (Lipinski definition) is 8. The van der Waals surface area contributed by atoms with Crippen molar-refractivity contribution in [3.8, 4) is 0 Å². The van der Waals surface area contributed by atoms with Gasteiger partial charge >= 0.3 is 0 Å². The molecule has 0 spiro atoms. The fraction of sp³-hybridized carbons (Fsp3) is 1.00. The van der Waals surface area contributed by atoms with Gasteiger partial charge in [-0.3, -0.25) is 0 Å². The molecule has 3 N–H and O–H groups in total. The Morgan fingerprint density at radius 3 is 2.00 bits per heavy atom. The largest absolute Gasteiger partial charge is 0.400 e. The van der Waals surface area contributed by atoms with Gasteiger partial charge in [0.15, 0.2) is 0 Å². The van der Waals surface area contributed by atoms with E-state index >= 15 is 0 Å². The van der Waals surface area contributed by atoms with Gasteiger partial charge in [-0.2, -0.15) is 0 Å². The monoisotopic (exact) mass is 350 g/mol. The molecule has 0 aliphatic carbocycles. The summed E-state index contributed by atoms with van der Waals surface area (Å²) in [5, 5.41) is 15.1. The Balaban J connectivity index is -0.000000104. The maximum absolute atomic E-state index is 8.06. The Morgan fingerprint density at radius 2 is 1.71 bits per heavy atom. The average molecular weight is 351 g/mol. The van der Waals surface area contributed by atoms with Gasteiger partial charge in [-0.05, 0) is 25.8 Å². The first-order valence-electron chi connectivity index (χ1n) is 6.22. The summed E-state index contributed by atoms with van der Waals surface area (Å²) < 4.78 is 30.0. The summed E-state index contributed by atoms with van der Waals surface area (Å²) in [4.78, 5) is 0. The third-order valence-electron chi connectivity index (χ3n) is 0.578. The van der Waals surface area contributed by atoms with Gasteiger partial charge in [-0.1, -0.05) is 43.2 Å². The maximum atomic E-state index is 8.06. The van der Waals surface area contributed by atoms with Crippen molar-refractivity contribution >= 4 is 51.3 Å². The van der Waals surface area contributed by atoms with Gasteiger partial charge in [0.25, 0.3) is 0 Å². The first kappa shape index (κ1) is 16.7. The lowest BCUT2D eigenvalue weighted by Crippen LogP contribution is -1.77. The van der Waals surface area contributed by atoms with E-state index in [-0.39, 0.29) is 14.1 Å². The molecule has 0 bridgehead atoms. The van der Waals surface area contributed by atoms with Crippen LogP contribution in [0.3, 0.4) is 0 Å². The highest BCUT2D eigenvalue weighted by molar-refractivity contribution is 8.76. The van der Waals surface area contributed by atoms with Crippen LogP contribution in [0.15, 0.2) is 0 Å². The molecular formula is C8H25O4PS4. The Bertz CT molecular complexity index is 143. The predicted octanol–water partition coefficient (Wildman–Crippen LogP) is 2.79. The molecular weight excluding hydrogens is 319 g/mol. The minimum Gasteiger partial charge on any atom is -0.400 e. The molecule has 9 heteroatoms. The van der Waals surface area contributed by atoms with E-state index in [1.807, 2.05) is 0 Å². The summed E-state index contributed by atoms with van der Waals surface area (Å²) in [6, 6.07) is 0. The molecule has 0 fully saturated rings. The van der Waals surface area contributed by atoms with E-state index in [0.29, 0.717) is 12.5 Å². The van der Waals surface area contributed by atoms with Crippen molar-refractivity contribution in [2.75, 3.05) is 51.9 Å². The molecule has 0 saturated heterocycles. The molecule has 0 aromatic heterocycles. The van der Waals surface area contributed by atoms with Gasteiger partial charge < -0.3 is 19.8 Å². The van der Waals surface area contributed by atoms with Crippen molar-refractivity contribution in [1.29, 1.82) is 2.86 Å². The van der Waals surface area contributed by atoms with Crippen LogP contribution in [0.1, 0.15) is 2.74 Å². The summed E-state index contributed by atoms with van der Waals surface area (Å²) in [5.74, 6) is 0.839. The van der Waals surface area contributed by atoms with Crippen molar-refractivity contribution < 1.29 is 22.6 Å². The standard InChI is InChI=1S/C4H11OPS2.C2H6OS2.2CH4O/c1-6(2)5-4-8-7-3;1-4-5-2-3;2*1-2/h4H2,1-3H3;3H,2H2,1H3;2*2H,1H3/i3D;1D;2*2T. The second-order valence-corrected chi connectivity index (χ2v) is 7.81. The molecule has 110 valence electrons. The normalized spacial score (nSPS) is 11.2. The number of rotatable bonds is 6. The molecule has 0 amide bonds. The van der Waals surface area contributed by atoms with Crippen LogP contribution in [-0.4, -0.2) is 70.1 Å². The first-order chi connectivity index (χ1) is 10.0. The number of hydrogen-bond donors (Lipinski definition) is 3. The fourth-order valence-corrected chi connectivity index (χ4v) is 2.17. The number of aliphatic hydroxyl groups is 3. The smallest absolute Gasteiger partial charge is 0.210 e. The highest BCUT2D eigenvalue weighted by Crippen LogP contribution is 2.30. The summed E-state index contributed by atoms with van der Waals surface area (Å²) in [6.45, 7) is 4.14. The summed E-state index contributed by atoms with van der Waals surface area (Å²) in [7, 11) is 8.13. The molecule has 0 radical (unpaired) electrons. The van der Waals surface area contributed by atoms with Gasteiger partial charge in [0.2, 0.25) is 2.86 Å². The second-order valence-electron chi connectivity index (χ2n) is 1.66. The molecule has 0 rings (SSSR count). The van der Waals surface area contributed by atoms with E-state index < -0.39 is 0 Å². The predicted molar refractivity (Wildman–Crippen MR) is 90.3 cm³/mol. The SMILES string of the molecule is [2H]CSSCO.[2H]CSSCOP(C)C.[3H]OC.[3H]OC. The summed E-state index contributed by atoms with van der Waals surface area (Å²) in [6.07, 6.45) is 0.741. The Morgan fingerprint density at radius 1 is 1.24 bits per heavy atom. The molecule has 0 atom stereocenters. The minimum absolute atomic E-state index is 0.115. The Kier molecular flexibility index (Phi) is 35.5. The lowest BCUT2D eigenvalue weighted by Gasteiger charge is -2.03. The fourth-order valence-electron chi connectivity index (χ4n) is 0.198. The lowest BCUT2D eigenvalue weighted by molar-refractivity contribution is 0.376. The third-order valence-corrected chi connectivity index (χ3v) is 3.66. The molecule has 4 nitrogen and oxygen atoms in total. The molecule has 0 aromatic carbocycles. The van der Waals surface area contributed by atoms with E-state index in [2.05, 4.69) is 23.5 Å². The van der Waals surface area contributed by atoms with E-state index in [0.717, 1.165) is 5.94 Å². The Labute approximate surface area is 128 Å². The van der Waals surface area contributed by atoms with E-state index in [4.69, 9.17) is 15.2 Å². The van der Waals surface area contributed by atoms with Crippen LogP contribution >= 0.6 is 51.3 Å². The van der Waals surface area contributed by atoms with Gasteiger partial charge in [0.1, 0.15) is 5.94 Å². The third kappa shape index (κ3) is 57.7. The topological polar surface area (TPSA) is 69.9 Å². The first-order valence-corrected chi connectivity index (χ1v) is 11.1. The average Bonchev–Trinajstić information content (AvgIpc) is 2.44. The highest BCUT2D eigenvalue weighted by Gasteiger charge is 1.89. The van der Waals surface area contributed by atoms with Crippen molar-refractivity contribution in [3.05, 3.63) is 0 Å². The van der Waals surface area contributed by atoms with E-state index in [1.165, 1.54) is 46.6 Å². The second kappa shape index (κ2) is 36.1. The van der Waals surface area contributed by atoms with Gasteiger partial charge in [-0.25, -0.2) is 0 Å². The lowest BCUT2D eigenvalue weighted by atomic mass is 11.7. The van der Waals surface area contributed by atoms with Gasteiger partial charge in [-0.15, -0.1) is 0 Å². The van der Waals surface area contributed by atoms with Crippen LogP contribution in [-0.2, 0) is 4.52 Å². The van der Waals surface area contributed by atoms with E-state index in [1.54, 1.807) is 10.8 Å². The van der Waals surface area contributed by atoms with Gasteiger partial charge in [0, 0.05) is 25.1 Å². The molecule has 0 unspecified atom stereocenters. The van der Waals surface area contributed by atoms with Crippen molar-refractivity contribution in [2.45, 2.75) is 0 Å². The quantitative estimate of drug-likeness (QED) is 0.292. The van der Waals surface area contributed by atoms with Crippen LogP contribution in [0.4, 0.5) is 0 Å². The highest BCUT2D eigenvalue weighted by atomic mass is 33.1. The van der Waals surface area contributed by atoms with Crippen LogP contribution < -0.4 is 0 Å². The van der Waals surface area contributed by atoms with Gasteiger partial charge in [0.05, 0.1) is 5.94 Å². The molecule has 17 heavy (non-hydrogen) atoms. The Hall–Kier alpha value is 1.67. The van der Waals surface area contributed by atoms with Crippen LogP contribution in [0.2, 0.25) is 0 Å². The number of aliphatic hydroxyl groups excluding tert-OH is 3. The zero-order chi connectivity index (χ0) is 17.4. The molecule has 0 heterocycles. The van der Waals surface area contributed by atoms with Crippen molar-refractivity contribution in [3.63, 3.8) is 0 Å². The van der Waals surface area contributed by atoms with Crippen LogP contribution in [0, 0.1) is 0 Å². The molecule has 0 saturated carbocycles.